The van der Waals surface area contributed by atoms with Crippen molar-refractivity contribution in [1.82, 2.24) is 0 Å². The van der Waals surface area contributed by atoms with E-state index in [1.54, 1.807) is 6.92 Å². The molecule has 0 amide bonds. The summed E-state index contributed by atoms with van der Waals surface area (Å²) in [6.45, 7) is 5.44. The van der Waals surface area contributed by atoms with Crippen molar-refractivity contribution in [3.8, 4) is 5.75 Å². The second-order valence-corrected chi connectivity index (χ2v) is 4.68. The van der Waals surface area contributed by atoms with Gasteiger partial charge >= 0.3 is 0 Å². The average Bonchev–Trinajstić information content (AvgIpc) is 2.14. The molecular formula is C11H16BrNO2. The summed E-state index contributed by atoms with van der Waals surface area (Å²) in [7, 11) is 0. The van der Waals surface area contributed by atoms with Crippen molar-refractivity contribution in [2.45, 2.75) is 32.9 Å². The van der Waals surface area contributed by atoms with E-state index in [9.17, 15) is 10.2 Å². The Morgan fingerprint density at radius 1 is 1.33 bits per heavy atom. The summed E-state index contributed by atoms with van der Waals surface area (Å²) in [5.74, 6) is 0.0808. The number of halogens is 1. The Balaban J connectivity index is 3.36. The standard InChI is InChI=1S/C11H16BrNO2/c1-5-4-6(2)9(12)11(15)8(5)10(14)7(3)13/h4,7,10,14-15H,13H2,1-3H3. The molecule has 3 nitrogen and oxygen atoms in total. The van der Waals surface area contributed by atoms with Gasteiger partial charge in [0.15, 0.2) is 0 Å². The van der Waals surface area contributed by atoms with Crippen molar-refractivity contribution < 1.29 is 10.2 Å². The Kier molecular flexibility index (Phi) is 3.76. The number of aromatic hydroxyl groups is 1. The molecule has 1 aromatic rings. The molecule has 2 unspecified atom stereocenters. The Bertz CT molecular complexity index is 377. The molecule has 0 saturated heterocycles. The fourth-order valence-corrected chi connectivity index (χ4v) is 1.92. The minimum atomic E-state index is -0.845. The smallest absolute Gasteiger partial charge is 0.136 e. The van der Waals surface area contributed by atoms with Crippen molar-refractivity contribution in [1.29, 1.82) is 0 Å². The fourth-order valence-electron chi connectivity index (χ4n) is 1.59. The van der Waals surface area contributed by atoms with Gasteiger partial charge in [-0.15, -0.1) is 0 Å². The molecule has 0 aliphatic rings. The van der Waals surface area contributed by atoms with E-state index in [4.69, 9.17) is 5.73 Å². The van der Waals surface area contributed by atoms with Gasteiger partial charge in [0, 0.05) is 11.6 Å². The van der Waals surface area contributed by atoms with Crippen LogP contribution in [0.2, 0.25) is 0 Å². The van der Waals surface area contributed by atoms with Gasteiger partial charge in [-0.3, -0.25) is 0 Å². The normalized spacial score (nSPS) is 15.1. The van der Waals surface area contributed by atoms with Crippen molar-refractivity contribution >= 4 is 15.9 Å². The maximum absolute atomic E-state index is 9.92. The maximum Gasteiger partial charge on any atom is 0.136 e. The minimum absolute atomic E-state index is 0.0808. The molecule has 4 heteroatoms. The highest BCUT2D eigenvalue weighted by Crippen LogP contribution is 2.37. The van der Waals surface area contributed by atoms with E-state index >= 15 is 0 Å². The first-order valence-corrected chi connectivity index (χ1v) is 5.57. The first-order valence-electron chi connectivity index (χ1n) is 4.78. The lowest BCUT2D eigenvalue weighted by Gasteiger charge is -2.20. The SMILES string of the molecule is Cc1cc(C)c(C(O)C(C)N)c(O)c1Br. The highest BCUT2D eigenvalue weighted by atomic mass is 79.9. The van der Waals surface area contributed by atoms with Gasteiger partial charge in [0.2, 0.25) is 0 Å². The monoisotopic (exact) mass is 273 g/mol. The molecule has 0 aliphatic heterocycles. The van der Waals surface area contributed by atoms with Gasteiger partial charge in [0.1, 0.15) is 5.75 Å². The molecular weight excluding hydrogens is 258 g/mol. The molecule has 0 radical (unpaired) electrons. The average molecular weight is 274 g/mol. The molecule has 0 fully saturated rings. The zero-order chi connectivity index (χ0) is 11.7. The van der Waals surface area contributed by atoms with E-state index < -0.39 is 12.1 Å². The molecule has 1 rings (SSSR count). The van der Waals surface area contributed by atoms with E-state index in [0.29, 0.717) is 10.0 Å². The van der Waals surface area contributed by atoms with E-state index in [2.05, 4.69) is 15.9 Å². The molecule has 0 aromatic heterocycles. The molecule has 1 aromatic carbocycles. The van der Waals surface area contributed by atoms with Crippen LogP contribution in [-0.4, -0.2) is 16.3 Å². The summed E-state index contributed by atoms with van der Waals surface area (Å²) in [4.78, 5) is 0. The van der Waals surface area contributed by atoms with E-state index in [0.717, 1.165) is 11.1 Å². The lowest BCUT2D eigenvalue weighted by molar-refractivity contribution is 0.149. The maximum atomic E-state index is 9.92. The third-order valence-electron chi connectivity index (χ3n) is 2.46. The fraction of sp³-hybridized carbons (Fsp3) is 0.455. The molecule has 0 heterocycles. The van der Waals surface area contributed by atoms with Crippen LogP contribution in [0.5, 0.6) is 5.75 Å². The van der Waals surface area contributed by atoms with Crippen molar-refractivity contribution in [2.24, 2.45) is 5.73 Å². The minimum Gasteiger partial charge on any atom is -0.506 e. The largest absolute Gasteiger partial charge is 0.506 e. The van der Waals surface area contributed by atoms with Crippen molar-refractivity contribution in [2.75, 3.05) is 0 Å². The summed E-state index contributed by atoms with van der Waals surface area (Å²) >= 11 is 3.28. The first kappa shape index (κ1) is 12.5. The molecule has 15 heavy (non-hydrogen) atoms. The molecule has 84 valence electrons. The first-order chi connectivity index (χ1) is 6.86. The summed E-state index contributed by atoms with van der Waals surface area (Å²) in [6.07, 6.45) is -0.845. The van der Waals surface area contributed by atoms with Crippen LogP contribution >= 0.6 is 15.9 Å². The quantitative estimate of drug-likeness (QED) is 0.774. The predicted molar refractivity (Wildman–Crippen MR) is 63.9 cm³/mol. The van der Waals surface area contributed by atoms with Crippen LogP contribution in [0.4, 0.5) is 0 Å². The third kappa shape index (κ3) is 2.33. The number of benzene rings is 1. The van der Waals surface area contributed by atoms with Crippen LogP contribution in [0.3, 0.4) is 0 Å². The molecule has 0 saturated carbocycles. The molecule has 0 aliphatic carbocycles. The number of phenolic OH excluding ortho intramolecular Hbond substituents is 1. The lowest BCUT2D eigenvalue weighted by Crippen LogP contribution is -2.25. The van der Waals surface area contributed by atoms with Crippen LogP contribution in [0.15, 0.2) is 10.5 Å². The van der Waals surface area contributed by atoms with Crippen LogP contribution in [0.25, 0.3) is 0 Å². The lowest BCUT2D eigenvalue weighted by atomic mass is 9.96. The second kappa shape index (κ2) is 4.51. The van der Waals surface area contributed by atoms with E-state index in [1.807, 2.05) is 19.9 Å². The molecule has 4 N–H and O–H groups in total. The third-order valence-corrected chi connectivity index (χ3v) is 3.46. The van der Waals surface area contributed by atoms with Crippen LogP contribution in [0.1, 0.15) is 29.7 Å². The summed E-state index contributed by atoms with van der Waals surface area (Å²) in [5.41, 5.74) is 7.90. The van der Waals surface area contributed by atoms with Crippen LogP contribution in [0, 0.1) is 13.8 Å². The van der Waals surface area contributed by atoms with Crippen LogP contribution < -0.4 is 5.73 Å². The topological polar surface area (TPSA) is 66.5 Å². The van der Waals surface area contributed by atoms with Gasteiger partial charge in [-0.25, -0.2) is 0 Å². The van der Waals surface area contributed by atoms with Crippen molar-refractivity contribution in [3.05, 3.63) is 27.2 Å². The highest BCUT2D eigenvalue weighted by molar-refractivity contribution is 9.10. The van der Waals surface area contributed by atoms with Crippen molar-refractivity contribution in [3.63, 3.8) is 0 Å². The summed E-state index contributed by atoms with van der Waals surface area (Å²) in [5, 5.41) is 19.8. The van der Waals surface area contributed by atoms with Crippen LogP contribution in [-0.2, 0) is 0 Å². The Hall–Kier alpha value is -0.580. The van der Waals surface area contributed by atoms with Gasteiger partial charge < -0.3 is 15.9 Å². The molecule has 0 spiro atoms. The number of phenols is 1. The van der Waals surface area contributed by atoms with Gasteiger partial charge in [0.25, 0.3) is 0 Å². The van der Waals surface area contributed by atoms with E-state index in [1.165, 1.54) is 0 Å². The van der Waals surface area contributed by atoms with Gasteiger partial charge in [-0.1, -0.05) is 6.07 Å². The zero-order valence-corrected chi connectivity index (χ0v) is 10.7. The number of aliphatic hydroxyl groups excluding tert-OH is 1. The molecule has 2 atom stereocenters. The summed E-state index contributed by atoms with van der Waals surface area (Å²) in [6, 6.07) is 1.49. The Labute approximate surface area is 98.1 Å². The van der Waals surface area contributed by atoms with Gasteiger partial charge in [0.05, 0.1) is 10.6 Å². The highest BCUT2D eigenvalue weighted by Gasteiger charge is 2.21. The number of aryl methyl sites for hydroxylation is 2. The Morgan fingerprint density at radius 3 is 2.33 bits per heavy atom. The number of aliphatic hydroxyl groups is 1. The number of hydrogen-bond donors (Lipinski definition) is 3. The Morgan fingerprint density at radius 2 is 1.87 bits per heavy atom. The zero-order valence-electron chi connectivity index (χ0n) is 9.08. The number of rotatable bonds is 2. The predicted octanol–water partition coefficient (Wildman–Crippen LogP) is 2.15. The summed E-state index contributed by atoms with van der Waals surface area (Å²) < 4.78 is 0.614. The second-order valence-electron chi connectivity index (χ2n) is 3.89. The van der Waals surface area contributed by atoms with E-state index in [-0.39, 0.29) is 5.75 Å². The molecule has 0 bridgehead atoms. The number of hydrogen-bond acceptors (Lipinski definition) is 3. The van der Waals surface area contributed by atoms with Gasteiger partial charge in [-0.2, -0.15) is 0 Å². The van der Waals surface area contributed by atoms with Gasteiger partial charge in [-0.05, 0) is 47.8 Å². The number of nitrogens with two attached hydrogens (primary N) is 1.